The second-order valence-electron chi connectivity index (χ2n) is 3.01. The van der Waals surface area contributed by atoms with Crippen LogP contribution in [0.15, 0.2) is 16.8 Å². The monoisotopic (exact) mass is 171 g/mol. The van der Waals surface area contributed by atoms with Gasteiger partial charge in [-0.3, -0.25) is 0 Å². The van der Waals surface area contributed by atoms with Crippen LogP contribution in [0.5, 0.6) is 0 Å². The van der Waals surface area contributed by atoms with Gasteiger partial charge in [-0.25, -0.2) is 0 Å². The Balaban J connectivity index is 2.56. The normalized spacial score (nSPS) is 16.3. The molecular formula is C8H13NOS. The molecule has 3 heteroatoms. The number of thiophene rings is 1. The quantitative estimate of drug-likeness (QED) is 0.712. The van der Waals surface area contributed by atoms with E-state index in [1.807, 2.05) is 16.8 Å². The van der Waals surface area contributed by atoms with Crippen LogP contribution in [0, 0.1) is 0 Å². The van der Waals surface area contributed by atoms with Crippen molar-refractivity contribution in [2.45, 2.75) is 18.9 Å². The number of nitrogens with two attached hydrogens (primary N) is 1. The Labute approximate surface area is 70.7 Å². The molecule has 0 spiro atoms. The Hall–Kier alpha value is -0.380. The maximum Gasteiger partial charge on any atom is 0.0781 e. The van der Waals surface area contributed by atoms with Crippen molar-refractivity contribution in [3.8, 4) is 0 Å². The molecule has 0 bridgehead atoms. The van der Waals surface area contributed by atoms with Gasteiger partial charge in [-0.15, -0.1) is 0 Å². The molecule has 0 fully saturated rings. The Bertz CT molecular complexity index is 206. The molecule has 1 heterocycles. The van der Waals surface area contributed by atoms with E-state index in [9.17, 15) is 5.11 Å². The van der Waals surface area contributed by atoms with Gasteiger partial charge in [-0.2, -0.15) is 11.3 Å². The van der Waals surface area contributed by atoms with E-state index >= 15 is 0 Å². The molecular weight excluding hydrogens is 158 g/mol. The van der Waals surface area contributed by atoms with E-state index < -0.39 is 5.60 Å². The first-order valence-electron chi connectivity index (χ1n) is 3.57. The van der Waals surface area contributed by atoms with Crippen LogP contribution in [0.3, 0.4) is 0 Å². The Morgan fingerprint density at radius 3 is 2.91 bits per heavy atom. The van der Waals surface area contributed by atoms with Gasteiger partial charge in [-0.05, 0) is 29.3 Å². The number of hydrogen-bond acceptors (Lipinski definition) is 3. The van der Waals surface area contributed by atoms with E-state index in [1.165, 1.54) is 0 Å². The third-order valence-corrected chi connectivity index (χ3v) is 2.34. The van der Waals surface area contributed by atoms with E-state index in [4.69, 9.17) is 5.73 Å². The third kappa shape index (κ3) is 2.61. The SMILES string of the molecule is CC(O)(CN)Cc1ccsc1. The van der Waals surface area contributed by atoms with Crippen LogP contribution in [0.25, 0.3) is 0 Å². The van der Waals surface area contributed by atoms with Crippen LogP contribution in [0.2, 0.25) is 0 Å². The summed E-state index contributed by atoms with van der Waals surface area (Å²) in [5, 5.41) is 13.6. The highest BCUT2D eigenvalue weighted by Crippen LogP contribution is 2.14. The van der Waals surface area contributed by atoms with Crippen molar-refractivity contribution >= 4 is 11.3 Å². The summed E-state index contributed by atoms with van der Waals surface area (Å²) >= 11 is 1.64. The maximum absolute atomic E-state index is 9.57. The van der Waals surface area contributed by atoms with Gasteiger partial charge in [0, 0.05) is 13.0 Å². The minimum atomic E-state index is -0.749. The van der Waals surface area contributed by atoms with E-state index in [2.05, 4.69) is 0 Å². The van der Waals surface area contributed by atoms with E-state index in [1.54, 1.807) is 18.3 Å². The molecule has 0 radical (unpaired) electrons. The van der Waals surface area contributed by atoms with Crippen LogP contribution in [-0.2, 0) is 6.42 Å². The van der Waals surface area contributed by atoms with Crippen molar-refractivity contribution in [3.63, 3.8) is 0 Å². The number of hydrogen-bond donors (Lipinski definition) is 2. The highest BCUT2D eigenvalue weighted by atomic mass is 32.1. The maximum atomic E-state index is 9.57. The minimum Gasteiger partial charge on any atom is -0.389 e. The van der Waals surface area contributed by atoms with Crippen molar-refractivity contribution in [2.75, 3.05) is 6.54 Å². The highest BCUT2D eigenvalue weighted by molar-refractivity contribution is 7.07. The van der Waals surface area contributed by atoms with Gasteiger partial charge in [0.25, 0.3) is 0 Å². The molecule has 0 saturated heterocycles. The molecule has 0 aliphatic carbocycles. The topological polar surface area (TPSA) is 46.2 Å². The van der Waals surface area contributed by atoms with Gasteiger partial charge in [0.15, 0.2) is 0 Å². The molecule has 1 atom stereocenters. The zero-order chi connectivity index (χ0) is 8.32. The van der Waals surface area contributed by atoms with E-state index in [-0.39, 0.29) is 0 Å². The van der Waals surface area contributed by atoms with Crippen LogP contribution in [0.1, 0.15) is 12.5 Å². The molecule has 1 aromatic heterocycles. The van der Waals surface area contributed by atoms with Crippen molar-refractivity contribution in [3.05, 3.63) is 22.4 Å². The molecule has 1 unspecified atom stereocenters. The molecule has 0 saturated carbocycles. The Morgan fingerprint density at radius 1 is 1.73 bits per heavy atom. The van der Waals surface area contributed by atoms with Gasteiger partial charge >= 0.3 is 0 Å². The lowest BCUT2D eigenvalue weighted by molar-refractivity contribution is 0.0697. The van der Waals surface area contributed by atoms with E-state index in [0.29, 0.717) is 13.0 Å². The van der Waals surface area contributed by atoms with Crippen LogP contribution < -0.4 is 5.73 Å². The molecule has 0 aliphatic rings. The summed E-state index contributed by atoms with van der Waals surface area (Å²) in [5.41, 5.74) is 5.79. The number of rotatable bonds is 3. The molecule has 0 aromatic carbocycles. The predicted octanol–water partition coefficient (Wildman–Crippen LogP) is 1.00. The summed E-state index contributed by atoms with van der Waals surface area (Å²) in [7, 11) is 0. The van der Waals surface area contributed by atoms with Gasteiger partial charge in [0.2, 0.25) is 0 Å². The smallest absolute Gasteiger partial charge is 0.0781 e. The minimum absolute atomic E-state index is 0.308. The standard InChI is InChI=1S/C8H13NOS/c1-8(10,6-9)4-7-2-3-11-5-7/h2-3,5,10H,4,6,9H2,1H3. The largest absolute Gasteiger partial charge is 0.389 e. The second-order valence-corrected chi connectivity index (χ2v) is 3.79. The van der Waals surface area contributed by atoms with E-state index in [0.717, 1.165) is 5.56 Å². The predicted molar refractivity (Wildman–Crippen MR) is 47.7 cm³/mol. The first-order chi connectivity index (χ1) is 5.14. The fourth-order valence-electron chi connectivity index (χ4n) is 0.905. The molecule has 62 valence electrons. The molecule has 1 aromatic rings. The summed E-state index contributed by atoms with van der Waals surface area (Å²) in [6.07, 6.45) is 0.646. The zero-order valence-electron chi connectivity index (χ0n) is 6.58. The van der Waals surface area contributed by atoms with Gasteiger partial charge in [0.05, 0.1) is 5.60 Å². The lowest BCUT2D eigenvalue weighted by Crippen LogP contribution is -2.36. The first kappa shape index (κ1) is 8.71. The van der Waals surface area contributed by atoms with Crippen LogP contribution >= 0.6 is 11.3 Å². The fraction of sp³-hybridized carbons (Fsp3) is 0.500. The van der Waals surface area contributed by atoms with Crippen LogP contribution in [-0.4, -0.2) is 17.3 Å². The number of aliphatic hydroxyl groups is 1. The first-order valence-corrected chi connectivity index (χ1v) is 4.52. The second kappa shape index (κ2) is 3.34. The molecule has 2 nitrogen and oxygen atoms in total. The van der Waals surface area contributed by atoms with Gasteiger partial charge in [0.1, 0.15) is 0 Å². The van der Waals surface area contributed by atoms with Gasteiger partial charge < -0.3 is 10.8 Å². The third-order valence-electron chi connectivity index (χ3n) is 1.60. The molecule has 1 rings (SSSR count). The van der Waals surface area contributed by atoms with Crippen molar-refractivity contribution in [1.82, 2.24) is 0 Å². The van der Waals surface area contributed by atoms with Crippen molar-refractivity contribution < 1.29 is 5.11 Å². The summed E-state index contributed by atoms with van der Waals surface area (Å²) in [6, 6.07) is 2.01. The lowest BCUT2D eigenvalue weighted by Gasteiger charge is -2.19. The van der Waals surface area contributed by atoms with Crippen molar-refractivity contribution in [1.29, 1.82) is 0 Å². The molecule has 3 N–H and O–H groups in total. The molecule has 0 aliphatic heterocycles. The summed E-state index contributed by atoms with van der Waals surface area (Å²) in [5.74, 6) is 0. The van der Waals surface area contributed by atoms with Crippen LogP contribution in [0.4, 0.5) is 0 Å². The summed E-state index contributed by atoms with van der Waals surface area (Å²) in [4.78, 5) is 0. The lowest BCUT2D eigenvalue weighted by atomic mass is 9.99. The summed E-state index contributed by atoms with van der Waals surface area (Å²) < 4.78 is 0. The Morgan fingerprint density at radius 2 is 2.45 bits per heavy atom. The fourth-order valence-corrected chi connectivity index (χ4v) is 1.57. The average Bonchev–Trinajstić information content (AvgIpc) is 2.39. The average molecular weight is 171 g/mol. The molecule has 11 heavy (non-hydrogen) atoms. The van der Waals surface area contributed by atoms with Crippen molar-refractivity contribution in [2.24, 2.45) is 5.73 Å². The Kier molecular flexibility index (Phi) is 2.65. The summed E-state index contributed by atoms with van der Waals surface area (Å²) in [6.45, 7) is 2.06. The highest BCUT2D eigenvalue weighted by Gasteiger charge is 2.18. The zero-order valence-corrected chi connectivity index (χ0v) is 7.40. The molecule has 0 amide bonds. The van der Waals surface area contributed by atoms with Gasteiger partial charge in [-0.1, -0.05) is 0 Å².